The van der Waals surface area contributed by atoms with Crippen LogP contribution in [-0.4, -0.2) is 37.5 Å². The van der Waals surface area contributed by atoms with Crippen LogP contribution in [0.1, 0.15) is 46.5 Å². The predicted molar refractivity (Wildman–Crippen MR) is 69.2 cm³/mol. The van der Waals surface area contributed by atoms with E-state index < -0.39 is 0 Å². The summed E-state index contributed by atoms with van der Waals surface area (Å²) in [5, 5.41) is 3.68. The number of hydrogen-bond acceptors (Lipinski definition) is 3. The Morgan fingerprint density at radius 3 is 2.82 bits per heavy atom. The van der Waals surface area contributed by atoms with Gasteiger partial charge in [0.15, 0.2) is 0 Å². The summed E-state index contributed by atoms with van der Waals surface area (Å²) in [7, 11) is 0. The summed E-state index contributed by atoms with van der Waals surface area (Å²) in [5.74, 6) is 0.623. The topological polar surface area (TPSA) is 30.5 Å². The van der Waals surface area contributed by atoms with Crippen molar-refractivity contribution in [3.63, 3.8) is 0 Å². The summed E-state index contributed by atoms with van der Waals surface area (Å²) in [6.07, 6.45) is 5.11. The van der Waals surface area contributed by atoms with Gasteiger partial charge in [-0.3, -0.25) is 0 Å². The summed E-state index contributed by atoms with van der Waals surface area (Å²) in [5.41, 5.74) is 0.0750. The zero-order valence-corrected chi connectivity index (χ0v) is 11.5. The van der Waals surface area contributed by atoms with Gasteiger partial charge in [0.1, 0.15) is 0 Å². The van der Waals surface area contributed by atoms with Crippen LogP contribution < -0.4 is 5.32 Å². The van der Waals surface area contributed by atoms with Crippen LogP contribution in [0.15, 0.2) is 0 Å². The van der Waals surface area contributed by atoms with Crippen LogP contribution in [0.2, 0.25) is 0 Å². The molecule has 3 nitrogen and oxygen atoms in total. The van der Waals surface area contributed by atoms with E-state index in [1.165, 1.54) is 12.8 Å². The maximum absolute atomic E-state index is 5.81. The van der Waals surface area contributed by atoms with Crippen molar-refractivity contribution in [3.05, 3.63) is 0 Å². The maximum Gasteiger partial charge on any atom is 0.0779 e. The minimum absolute atomic E-state index is 0.0750. The minimum atomic E-state index is 0.0750. The van der Waals surface area contributed by atoms with Crippen molar-refractivity contribution in [2.45, 2.75) is 64.2 Å². The molecule has 0 amide bonds. The van der Waals surface area contributed by atoms with E-state index in [2.05, 4.69) is 26.1 Å². The van der Waals surface area contributed by atoms with Crippen LogP contribution in [0.4, 0.5) is 0 Å². The van der Waals surface area contributed by atoms with Gasteiger partial charge in [0.25, 0.3) is 0 Å². The maximum atomic E-state index is 5.81. The van der Waals surface area contributed by atoms with E-state index in [-0.39, 0.29) is 5.60 Å². The molecule has 0 radical (unpaired) electrons. The molecular weight excluding hydrogens is 214 g/mol. The highest BCUT2D eigenvalue weighted by atomic mass is 16.5. The van der Waals surface area contributed by atoms with Gasteiger partial charge in [0, 0.05) is 25.8 Å². The molecule has 2 heterocycles. The lowest BCUT2D eigenvalue weighted by molar-refractivity contribution is -0.0315. The van der Waals surface area contributed by atoms with E-state index in [9.17, 15) is 0 Å². The molecule has 1 N–H and O–H groups in total. The molecule has 3 atom stereocenters. The zero-order chi connectivity index (χ0) is 12.3. The van der Waals surface area contributed by atoms with E-state index >= 15 is 0 Å². The van der Waals surface area contributed by atoms with Crippen molar-refractivity contribution in [2.75, 3.05) is 19.8 Å². The predicted octanol–water partition coefficient (Wildman–Crippen LogP) is 2.35. The van der Waals surface area contributed by atoms with E-state index in [1.54, 1.807) is 0 Å². The molecule has 0 spiro atoms. The van der Waals surface area contributed by atoms with Crippen LogP contribution >= 0.6 is 0 Å². The smallest absolute Gasteiger partial charge is 0.0779 e. The van der Waals surface area contributed by atoms with Gasteiger partial charge in [-0.15, -0.1) is 0 Å². The van der Waals surface area contributed by atoms with Crippen LogP contribution in [0, 0.1) is 5.92 Å². The van der Waals surface area contributed by atoms with E-state index in [1.807, 2.05) is 0 Å². The third-order valence-corrected chi connectivity index (χ3v) is 4.12. The Hall–Kier alpha value is -0.120. The van der Waals surface area contributed by atoms with Gasteiger partial charge < -0.3 is 14.8 Å². The Kier molecular flexibility index (Phi) is 4.45. The fourth-order valence-electron chi connectivity index (χ4n) is 2.81. The van der Waals surface area contributed by atoms with E-state index in [0.29, 0.717) is 18.1 Å². The molecule has 2 aliphatic heterocycles. The SMILES string of the molecule is CC(C)C1CC(NCC2(C)CCCO2)CCO1. The van der Waals surface area contributed by atoms with Gasteiger partial charge in [-0.2, -0.15) is 0 Å². The van der Waals surface area contributed by atoms with E-state index in [4.69, 9.17) is 9.47 Å². The second-order valence-corrected chi connectivity index (χ2v) is 6.16. The van der Waals surface area contributed by atoms with Crippen molar-refractivity contribution >= 4 is 0 Å². The third-order valence-electron chi connectivity index (χ3n) is 4.12. The molecule has 2 rings (SSSR count). The highest BCUT2D eigenvalue weighted by Crippen LogP contribution is 2.25. The summed E-state index contributed by atoms with van der Waals surface area (Å²) in [6, 6.07) is 0.608. The second kappa shape index (κ2) is 5.68. The van der Waals surface area contributed by atoms with Crippen molar-refractivity contribution in [3.8, 4) is 0 Å². The fourth-order valence-corrected chi connectivity index (χ4v) is 2.81. The standard InChI is InChI=1S/C14H27NO2/c1-11(2)13-9-12(5-8-16-13)15-10-14(3)6-4-7-17-14/h11-13,15H,4-10H2,1-3H3. The van der Waals surface area contributed by atoms with Gasteiger partial charge in [-0.1, -0.05) is 13.8 Å². The molecule has 0 aromatic carbocycles. The highest BCUT2D eigenvalue weighted by molar-refractivity contribution is 4.86. The van der Waals surface area contributed by atoms with Crippen LogP contribution in [0.5, 0.6) is 0 Å². The Labute approximate surface area is 105 Å². The lowest BCUT2D eigenvalue weighted by atomic mass is 9.94. The minimum Gasteiger partial charge on any atom is -0.378 e. The zero-order valence-electron chi connectivity index (χ0n) is 11.5. The summed E-state index contributed by atoms with van der Waals surface area (Å²) in [4.78, 5) is 0. The van der Waals surface area contributed by atoms with Gasteiger partial charge >= 0.3 is 0 Å². The first-order chi connectivity index (χ1) is 8.09. The third kappa shape index (κ3) is 3.67. The van der Waals surface area contributed by atoms with Gasteiger partial charge in [0.2, 0.25) is 0 Å². The Morgan fingerprint density at radius 2 is 2.18 bits per heavy atom. The van der Waals surface area contributed by atoms with Gasteiger partial charge in [-0.25, -0.2) is 0 Å². The number of ether oxygens (including phenoxy) is 2. The Bertz CT molecular complexity index is 236. The first-order valence-corrected chi connectivity index (χ1v) is 7.08. The first kappa shape index (κ1) is 13.3. The number of rotatable bonds is 4. The lowest BCUT2D eigenvalue weighted by Crippen LogP contribution is -2.46. The molecule has 2 fully saturated rings. The Balaban J connectivity index is 1.75. The molecule has 0 aliphatic carbocycles. The monoisotopic (exact) mass is 241 g/mol. The Morgan fingerprint density at radius 1 is 1.35 bits per heavy atom. The summed E-state index contributed by atoms with van der Waals surface area (Å²) >= 11 is 0. The lowest BCUT2D eigenvalue weighted by Gasteiger charge is -2.34. The summed E-state index contributed by atoms with van der Waals surface area (Å²) < 4.78 is 11.6. The average molecular weight is 241 g/mol. The average Bonchev–Trinajstić information content (AvgIpc) is 2.75. The largest absolute Gasteiger partial charge is 0.378 e. The van der Waals surface area contributed by atoms with Crippen molar-refractivity contribution in [2.24, 2.45) is 5.92 Å². The van der Waals surface area contributed by atoms with E-state index in [0.717, 1.165) is 32.6 Å². The molecule has 0 aromatic rings. The van der Waals surface area contributed by atoms with Crippen LogP contribution in [-0.2, 0) is 9.47 Å². The van der Waals surface area contributed by atoms with Crippen molar-refractivity contribution in [1.82, 2.24) is 5.32 Å². The van der Waals surface area contributed by atoms with Crippen molar-refractivity contribution in [1.29, 1.82) is 0 Å². The molecule has 17 heavy (non-hydrogen) atoms. The second-order valence-electron chi connectivity index (χ2n) is 6.16. The molecule has 2 aliphatic rings. The molecule has 0 aromatic heterocycles. The molecule has 2 saturated heterocycles. The van der Waals surface area contributed by atoms with Gasteiger partial charge in [-0.05, 0) is 38.5 Å². The normalized spacial score (nSPS) is 38.8. The summed E-state index contributed by atoms with van der Waals surface area (Å²) in [6.45, 7) is 9.54. The molecule has 0 saturated carbocycles. The van der Waals surface area contributed by atoms with Crippen molar-refractivity contribution < 1.29 is 9.47 Å². The molecule has 3 heteroatoms. The first-order valence-electron chi connectivity index (χ1n) is 7.08. The number of hydrogen-bond donors (Lipinski definition) is 1. The van der Waals surface area contributed by atoms with Crippen LogP contribution in [0.25, 0.3) is 0 Å². The van der Waals surface area contributed by atoms with Gasteiger partial charge in [0.05, 0.1) is 11.7 Å². The van der Waals surface area contributed by atoms with Crippen LogP contribution in [0.3, 0.4) is 0 Å². The quantitative estimate of drug-likeness (QED) is 0.819. The fraction of sp³-hybridized carbons (Fsp3) is 1.00. The molecule has 0 bridgehead atoms. The molecule has 100 valence electrons. The molecular formula is C14H27NO2. The highest BCUT2D eigenvalue weighted by Gasteiger charge is 2.31. The molecule has 3 unspecified atom stereocenters. The number of nitrogens with one attached hydrogen (secondary N) is 1.